The van der Waals surface area contributed by atoms with Gasteiger partial charge in [-0.05, 0) is 0 Å². The Bertz CT molecular complexity index is 104. The minimum Gasteiger partial charge on any atom is -0.412 e. The molecule has 2 unspecified atom stereocenters. The van der Waals surface area contributed by atoms with Gasteiger partial charge in [0.25, 0.3) is 0 Å². The van der Waals surface area contributed by atoms with E-state index < -0.39 is 18.5 Å². The van der Waals surface area contributed by atoms with E-state index in [2.05, 4.69) is 0 Å². The highest BCUT2D eigenvalue weighted by atomic mass is 16.4. The van der Waals surface area contributed by atoms with Crippen molar-refractivity contribution in [2.45, 2.75) is 12.5 Å². The molecule has 1 saturated heterocycles. The first-order chi connectivity index (χ1) is 3.70. The van der Waals surface area contributed by atoms with Crippen molar-refractivity contribution in [1.82, 2.24) is 10.6 Å². The molecule has 1 aliphatic rings. The predicted molar refractivity (Wildman–Crippen MR) is 27.3 cm³/mol. The molecule has 6 heteroatoms. The summed E-state index contributed by atoms with van der Waals surface area (Å²) in [5.74, 6) is 0. The van der Waals surface area contributed by atoms with Crippen LogP contribution in [0.1, 0.15) is 0 Å². The summed E-state index contributed by atoms with van der Waals surface area (Å²) < 4.78 is 0. The number of urea groups is 1. The Kier molecular flexibility index (Phi) is 2.38. The summed E-state index contributed by atoms with van der Waals surface area (Å²) in [4.78, 5) is 10.1. The number of amides is 2. The molecule has 6 N–H and O–H groups in total. The fourth-order valence-corrected chi connectivity index (χ4v) is 0.468. The fourth-order valence-electron chi connectivity index (χ4n) is 0.468. The minimum absolute atomic E-state index is 0. The van der Waals surface area contributed by atoms with Gasteiger partial charge in [-0.3, -0.25) is 0 Å². The van der Waals surface area contributed by atoms with Crippen LogP contribution in [0.2, 0.25) is 0 Å². The van der Waals surface area contributed by atoms with Gasteiger partial charge in [0.15, 0.2) is 12.5 Å². The maximum Gasteiger partial charge on any atom is 0.319 e. The van der Waals surface area contributed by atoms with Gasteiger partial charge in [0.05, 0.1) is 0 Å². The summed E-state index contributed by atoms with van der Waals surface area (Å²) in [6.45, 7) is 0. The Morgan fingerprint density at radius 2 is 1.56 bits per heavy atom. The second-order valence-corrected chi connectivity index (χ2v) is 1.51. The molecule has 1 rings (SSSR count). The molecular formula is C3H8N2O4. The van der Waals surface area contributed by atoms with Gasteiger partial charge in [0.1, 0.15) is 0 Å². The van der Waals surface area contributed by atoms with E-state index >= 15 is 0 Å². The van der Waals surface area contributed by atoms with E-state index in [1.165, 1.54) is 0 Å². The molecule has 2 amide bonds. The fraction of sp³-hybridized carbons (Fsp3) is 0.667. The number of carbonyl (C=O) groups is 1. The number of aliphatic hydroxyl groups is 2. The zero-order valence-electron chi connectivity index (χ0n) is 4.46. The molecule has 2 atom stereocenters. The molecule has 0 radical (unpaired) electrons. The third-order valence-corrected chi connectivity index (χ3v) is 0.857. The molecule has 0 saturated carbocycles. The Labute approximate surface area is 50.8 Å². The Morgan fingerprint density at radius 1 is 1.22 bits per heavy atom. The van der Waals surface area contributed by atoms with Crippen molar-refractivity contribution < 1.29 is 20.5 Å². The maximum absolute atomic E-state index is 10.1. The maximum atomic E-state index is 10.1. The van der Waals surface area contributed by atoms with Crippen molar-refractivity contribution in [2.75, 3.05) is 0 Å². The van der Waals surface area contributed by atoms with Gasteiger partial charge in [-0.1, -0.05) is 0 Å². The summed E-state index contributed by atoms with van der Waals surface area (Å²) >= 11 is 0. The summed E-state index contributed by atoms with van der Waals surface area (Å²) in [5.41, 5.74) is 0. The van der Waals surface area contributed by atoms with E-state index in [0.29, 0.717) is 0 Å². The number of hydrogen-bond donors (Lipinski definition) is 4. The molecule has 1 heterocycles. The van der Waals surface area contributed by atoms with Crippen LogP contribution in [0, 0.1) is 0 Å². The van der Waals surface area contributed by atoms with Gasteiger partial charge in [0.2, 0.25) is 0 Å². The molecule has 0 aromatic rings. The van der Waals surface area contributed by atoms with Crippen molar-refractivity contribution >= 4 is 6.03 Å². The zero-order chi connectivity index (χ0) is 6.15. The predicted octanol–water partition coefficient (Wildman–Crippen LogP) is -2.89. The van der Waals surface area contributed by atoms with Crippen LogP contribution in [0.15, 0.2) is 0 Å². The van der Waals surface area contributed by atoms with Crippen LogP contribution in [0.25, 0.3) is 0 Å². The average Bonchev–Trinajstić information content (AvgIpc) is 1.85. The molecule has 9 heavy (non-hydrogen) atoms. The quantitative estimate of drug-likeness (QED) is 0.286. The molecule has 1 aliphatic heterocycles. The number of aliphatic hydroxyl groups excluding tert-OH is 2. The van der Waals surface area contributed by atoms with Crippen molar-refractivity contribution in [3.05, 3.63) is 0 Å². The lowest BCUT2D eigenvalue weighted by atomic mass is 10.5. The smallest absolute Gasteiger partial charge is 0.319 e. The molecule has 0 bridgehead atoms. The number of carbonyl (C=O) groups excluding carboxylic acids is 1. The Balaban J connectivity index is 0.000000640. The van der Waals surface area contributed by atoms with Gasteiger partial charge in [0, 0.05) is 0 Å². The molecule has 0 spiro atoms. The topological polar surface area (TPSA) is 113 Å². The van der Waals surface area contributed by atoms with Gasteiger partial charge in [-0.25, -0.2) is 4.79 Å². The third-order valence-electron chi connectivity index (χ3n) is 0.857. The first-order valence-corrected chi connectivity index (χ1v) is 2.13. The number of rotatable bonds is 0. The lowest BCUT2D eigenvalue weighted by Crippen LogP contribution is -2.32. The van der Waals surface area contributed by atoms with E-state index in [4.69, 9.17) is 10.2 Å². The Hall–Kier alpha value is -0.850. The third kappa shape index (κ3) is 1.53. The Morgan fingerprint density at radius 3 is 1.67 bits per heavy atom. The van der Waals surface area contributed by atoms with Crippen molar-refractivity contribution in [2.24, 2.45) is 0 Å². The van der Waals surface area contributed by atoms with Crippen molar-refractivity contribution in [1.29, 1.82) is 0 Å². The van der Waals surface area contributed by atoms with E-state index in [0.717, 1.165) is 0 Å². The van der Waals surface area contributed by atoms with E-state index in [9.17, 15) is 4.79 Å². The molecule has 0 aromatic carbocycles. The number of hydrogen-bond acceptors (Lipinski definition) is 3. The highest BCUT2D eigenvalue weighted by molar-refractivity contribution is 5.76. The SMILES string of the molecule is O.O=C1NC(O)C(O)N1. The van der Waals surface area contributed by atoms with Gasteiger partial charge in [-0.2, -0.15) is 0 Å². The van der Waals surface area contributed by atoms with Crippen LogP contribution < -0.4 is 10.6 Å². The van der Waals surface area contributed by atoms with Crippen LogP contribution in [0.5, 0.6) is 0 Å². The highest BCUT2D eigenvalue weighted by Crippen LogP contribution is 1.91. The molecular weight excluding hydrogens is 128 g/mol. The summed E-state index contributed by atoms with van der Waals surface area (Å²) in [6, 6.07) is -0.551. The molecule has 0 aromatic heterocycles. The zero-order valence-corrected chi connectivity index (χ0v) is 4.46. The van der Waals surface area contributed by atoms with Crippen LogP contribution in [-0.2, 0) is 0 Å². The monoisotopic (exact) mass is 136 g/mol. The van der Waals surface area contributed by atoms with E-state index in [-0.39, 0.29) is 5.48 Å². The normalized spacial score (nSPS) is 32.4. The summed E-state index contributed by atoms with van der Waals surface area (Å²) in [6.07, 6.45) is -2.33. The van der Waals surface area contributed by atoms with Crippen LogP contribution in [0.3, 0.4) is 0 Å². The molecule has 1 fully saturated rings. The van der Waals surface area contributed by atoms with Crippen LogP contribution >= 0.6 is 0 Å². The first kappa shape index (κ1) is 8.15. The minimum atomic E-state index is -1.16. The van der Waals surface area contributed by atoms with Gasteiger partial charge in [-0.15, -0.1) is 0 Å². The van der Waals surface area contributed by atoms with Crippen molar-refractivity contribution in [3.63, 3.8) is 0 Å². The lowest BCUT2D eigenvalue weighted by Gasteiger charge is -2.02. The molecule has 54 valence electrons. The number of nitrogens with one attached hydrogen (secondary N) is 2. The van der Waals surface area contributed by atoms with Crippen LogP contribution in [-0.4, -0.2) is 34.2 Å². The summed E-state index contributed by atoms with van der Waals surface area (Å²) in [5, 5.41) is 21.1. The second kappa shape index (κ2) is 2.62. The lowest BCUT2D eigenvalue weighted by molar-refractivity contribution is 0.0215. The van der Waals surface area contributed by atoms with E-state index in [1.807, 2.05) is 10.6 Å². The van der Waals surface area contributed by atoms with Crippen LogP contribution in [0.4, 0.5) is 4.79 Å². The standard InChI is InChI=1S/C3H6N2O3.H2O/c6-1-2(7)5-3(8)4-1;/h1-2,6-7H,(H2,4,5,8);1H2. The second-order valence-electron chi connectivity index (χ2n) is 1.51. The average molecular weight is 136 g/mol. The van der Waals surface area contributed by atoms with Gasteiger partial charge >= 0.3 is 6.03 Å². The van der Waals surface area contributed by atoms with E-state index in [1.54, 1.807) is 0 Å². The summed E-state index contributed by atoms with van der Waals surface area (Å²) in [7, 11) is 0. The molecule has 0 aliphatic carbocycles. The first-order valence-electron chi connectivity index (χ1n) is 2.13. The van der Waals surface area contributed by atoms with Crippen molar-refractivity contribution in [3.8, 4) is 0 Å². The largest absolute Gasteiger partial charge is 0.412 e. The van der Waals surface area contributed by atoms with Gasteiger partial charge < -0.3 is 26.3 Å². The highest BCUT2D eigenvalue weighted by Gasteiger charge is 2.26. The molecule has 6 nitrogen and oxygen atoms in total.